The number of non-ortho nitro benzene ring substituents is 1. The predicted molar refractivity (Wildman–Crippen MR) is 78.6 cm³/mol. The zero-order valence-corrected chi connectivity index (χ0v) is 12.4. The number of nitro groups is 1. The van der Waals surface area contributed by atoms with Crippen molar-refractivity contribution < 1.29 is 9.66 Å². The highest BCUT2D eigenvalue weighted by Crippen LogP contribution is 2.37. The van der Waals surface area contributed by atoms with Crippen LogP contribution >= 0.6 is 23.2 Å². The summed E-state index contributed by atoms with van der Waals surface area (Å²) in [5, 5.41) is 10.8. The summed E-state index contributed by atoms with van der Waals surface area (Å²) in [4.78, 5) is 18.2. The van der Waals surface area contributed by atoms with Crippen LogP contribution in [0.5, 0.6) is 5.75 Å². The van der Waals surface area contributed by atoms with Gasteiger partial charge in [-0.05, 0) is 6.92 Å². The van der Waals surface area contributed by atoms with E-state index in [0.29, 0.717) is 17.3 Å². The van der Waals surface area contributed by atoms with E-state index < -0.39 is 4.92 Å². The van der Waals surface area contributed by atoms with Gasteiger partial charge in [-0.15, -0.1) is 0 Å². The molecule has 21 heavy (non-hydrogen) atoms. The molecule has 7 nitrogen and oxygen atoms in total. The van der Waals surface area contributed by atoms with E-state index in [4.69, 9.17) is 33.7 Å². The molecule has 0 spiro atoms. The van der Waals surface area contributed by atoms with E-state index in [0.717, 1.165) is 12.1 Å². The Balaban J connectivity index is 2.22. The van der Waals surface area contributed by atoms with Gasteiger partial charge in [0, 0.05) is 23.9 Å². The average Bonchev–Trinajstić information content (AvgIpc) is 2.36. The standard InChI is InChI=1S/C12H10Cl2N4O3/c1-6-2-10(15)17-11(16-6)5-21-12-8(13)3-7(18(19)20)4-9(12)14/h2-4H,5H2,1H3,(H2,15,16,17). The van der Waals surface area contributed by atoms with Crippen molar-refractivity contribution in [3.63, 3.8) is 0 Å². The number of ether oxygens (including phenoxy) is 1. The lowest BCUT2D eigenvalue weighted by Gasteiger charge is -2.09. The second kappa shape index (κ2) is 6.11. The molecule has 0 aliphatic carbocycles. The molecular weight excluding hydrogens is 319 g/mol. The average molecular weight is 329 g/mol. The number of benzene rings is 1. The fourth-order valence-corrected chi connectivity index (χ4v) is 2.23. The van der Waals surface area contributed by atoms with Crippen LogP contribution in [0.25, 0.3) is 0 Å². The van der Waals surface area contributed by atoms with Crippen LogP contribution < -0.4 is 10.5 Å². The quantitative estimate of drug-likeness (QED) is 0.682. The van der Waals surface area contributed by atoms with Gasteiger partial charge in [0.05, 0.1) is 15.0 Å². The minimum atomic E-state index is -0.591. The zero-order chi connectivity index (χ0) is 15.6. The smallest absolute Gasteiger partial charge is 0.272 e. The Hall–Kier alpha value is -2.12. The molecule has 0 bridgehead atoms. The maximum atomic E-state index is 10.7. The number of nitrogens with zero attached hydrogens (tertiary/aromatic N) is 3. The fraction of sp³-hybridized carbons (Fsp3) is 0.167. The summed E-state index contributed by atoms with van der Waals surface area (Å²) in [5.41, 5.74) is 6.09. The highest BCUT2D eigenvalue weighted by Gasteiger charge is 2.16. The maximum Gasteiger partial charge on any atom is 0.272 e. The highest BCUT2D eigenvalue weighted by molar-refractivity contribution is 6.37. The van der Waals surface area contributed by atoms with Crippen molar-refractivity contribution >= 4 is 34.7 Å². The van der Waals surface area contributed by atoms with E-state index in [9.17, 15) is 10.1 Å². The molecule has 2 aromatic rings. The number of nitrogens with two attached hydrogens (primary N) is 1. The number of halogens is 2. The highest BCUT2D eigenvalue weighted by atomic mass is 35.5. The number of anilines is 1. The maximum absolute atomic E-state index is 10.7. The number of hydrogen-bond acceptors (Lipinski definition) is 6. The molecule has 2 rings (SSSR count). The first-order valence-electron chi connectivity index (χ1n) is 5.73. The summed E-state index contributed by atoms with van der Waals surface area (Å²) >= 11 is 11.9. The summed E-state index contributed by atoms with van der Waals surface area (Å²) in [6.07, 6.45) is 0. The van der Waals surface area contributed by atoms with Gasteiger partial charge in [0.2, 0.25) is 0 Å². The van der Waals surface area contributed by atoms with Gasteiger partial charge in [-0.3, -0.25) is 10.1 Å². The van der Waals surface area contributed by atoms with Crippen molar-refractivity contribution in [2.24, 2.45) is 0 Å². The molecule has 0 aliphatic rings. The van der Waals surface area contributed by atoms with Gasteiger partial charge >= 0.3 is 0 Å². The summed E-state index contributed by atoms with van der Waals surface area (Å²) in [5.74, 6) is 0.813. The third-order valence-corrected chi connectivity index (χ3v) is 3.02. The van der Waals surface area contributed by atoms with Crippen LogP contribution in [0, 0.1) is 17.0 Å². The van der Waals surface area contributed by atoms with Crippen molar-refractivity contribution in [1.29, 1.82) is 0 Å². The minimum Gasteiger partial charge on any atom is -0.482 e. The van der Waals surface area contributed by atoms with Crippen molar-refractivity contribution in [1.82, 2.24) is 9.97 Å². The Morgan fingerprint density at radius 3 is 2.43 bits per heavy atom. The van der Waals surface area contributed by atoms with Gasteiger partial charge in [-0.1, -0.05) is 23.2 Å². The Labute approximate surface area is 129 Å². The van der Waals surface area contributed by atoms with Gasteiger partial charge in [-0.2, -0.15) is 0 Å². The van der Waals surface area contributed by atoms with Crippen molar-refractivity contribution in [3.05, 3.63) is 49.9 Å². The Morgan fingerprint density at radius 2 is 1.90 bits per heavy atom. The zero-order valence-electron chi connectivity index (χ0n) is 10.8. The van der Waals surface area contributed by atoms with Crippen LogP contribution in [0.3, 0.4) is 0 Å². The van der Waals surface area contributed by atoms with Crippen molar-refractivity contribution in [2.75, 3.05) is 5.73 Å². The van der Waals surface area contributed by atoms with Crippen LogP contribution in [0.2, 0.25) is 10.0 Å². The molecule has 0 saturated heterocycles. The summed E-state index contributed by atoms with van der Waals surface area (Å²) < 4.78 is 5.43. The molecule has 1 heterocycles. The van der Waals surface area contributed by atoms with Crippen LogP contribution in [0.1, 0.15) is 11.5 Å². The Kier molecular flexibility index (Phi) is 4.44. The molecular formula is C12H10Cl2N4O3. The number of aryl methyl sites for hydroxylation is 1. The third-order valence-electron chi connectivity index (χ3n) is 2.46. The van der Waals surface area contributed by atoms with Crippen LogP contribution in [-0.4, -0.2) is 14.9 Å². The summed E-state index contributed by atoms with van der Waals surface area (Å²) in [6.45, 7) is 1.76. The SMILES string of the molecule is Cc1cc(N)nc(COc2c(Cl)cc([N+](=O)[O-])cc2Cl)n1. The van der Waals surface area contributed by atoms with E-state index in [1.165, 1.54) is 0 Å². The number of aromatic nitrogens is 2. The monoisotopic (exact) mass is 328 g/mol. The predicted octanol–water partition coefficient (Wildman–Crippen LogP) is 3.16. The molecule has 0 saturated carbocycles. The van der Waals surface area contributed by atoms with Crippen molar-refractivity contribution in [3.8, 4) is 5.75 Å². The Bertz CT molecular complexity index is 666. The topological polar surface area (TPSA) is 104 Å². The lowest BCUT2D eigenvalue weighted by atomic mass is 10.3. The van der Waals surface area contributed by atoms with E-state index in [-0.39, 0.29) is 28.1 Å². The van der Waals surface area contributed by atoms with Crippen LogP contribution in [0.4, 0.5) is 11.5 Å². The van der Waals surface area contributed by atoms with Gasteiger partial charge in [0.1, 0.15) is 12.4 Å². The first kappa shape index (κ1) is 15.3. The summed E-state index contributed by atoms with van der Waals surface area (Å²) in [6, 6.07) is 3.94. The van der Waals surface area contributed by atoms with Crippen LogP contribution in [0.15, 0.2) is 18.2 Å². The third kappa shape index (κ3) is 3.71. The molecule has 2 N–H and O–H groups in total. The molecule has 110 valence electrons. The summed E-state index contributed by atoms with van der Waals surface area (Å²) in [7, 11) is 0. The first-order valence-corrected chi connectivity index (χ1v) is 6.48. The number of hydrogen-bond donors (Lipinski definition) is 1. The Morgan fingerprint density at radius 1 is 1.29 bits per heavy atom. The molecule has 0 radical (unpaired) electrons. The number of rotatable bonds is 4. The molecule has 1 aromatic heterocycles. The van der Waals surface area contributed by atoms with Crippen LogP contribution in [-0.2, 0) is 6.61 Å². The molecule has 0 atom stereocenters. The lowest BCUT2D eigenvalue weighted by molar-refractivity contribution is -0.384. The van der Waals surface area contributed by atoms with Crippen molar-refractivity contribution in [2.45, 2.75) is 13.5 Å². The molecule has 0 amide bonds. The largest absolute Gasteiger partial charge is 0.482 e. The second-order valence-corrected chi connectivity index (χ2v) is 4.95. The molecule has 0 aliphatic heterocycles. The van der Waals surface area contributed by atoms with Gasteiger partial charge in [0.15, 0.2) is 11.6 Å². The fourth-order valence-electron chi connectivity index (χ4n) is 1.65. The van der Waals surface area contributed by atoms with Gasteiger partial charge < -0.3 is 10.5 Å². The van der Waals surface area contributed by atoms with E-state index in [1.54, 1.807) is 13.0 Å². The second-order valence-electron chi connectivity index (χ2n) is 4.13. The molecule has 0 fully saturated rings. The molecule has 0 unspecified atom stereocenters. The van der Waals surface area contributed by atoms with E-state index in [1.807, 2.05) is 0 Å². The molecule has 9 heteroatoms. The lowest BCUT2D eigenvalue weighted by Crippen LogP contribution is -2.05. The normalized spacial score (nSPS) is 10.4. The van der Waals surface area contributed by atoms with Gasteiger partial charge in [0.25, 0.3) is 5.69 Å². The first-order chi connectivity index (χ1) is 9.86. The number of nitrogen functional groups attached to an aromatic ring is 1. The van der Waals surface area contributed by atoms with E-state index in [2.05, 4.69) is 9.97 Å². The van der Waals surface area contributed by atoms with E-state index >= 15 is 0 Å². The van der Waals surface area contributed by atoms with Gasteiger partial charge in [-0.25, -0.2) is 9.97 Å². The molecule has 1 aromatic carbocycles. The minimum absolute atomic E-state index is 0.0108. The number of nitro benzene ring substituents is 1.